The van der Waals surface area contributed by atoms with E-state index in [1.54, 1.807) is 0 Å². The zero-order valence-corrected chi connectivity index (χ0v) is 12.2. The Morgan fingerprint density at radius 1 is 1.22 bits per heavy atom. The molecule has 0 spiro atoms. The van der Waals surface area contributed by atoms with Crippen LogP contribution in [-0.2, 0) is 10.2 Å². The van der Waals surface area contributed by atoms with Crippen LogP contribution in [0, 0.1) is 0 Å². The molecule has 0 aromatic rings. The summed E-state index contributed by atoms with van der Waals surface area (Å²) in [7, 11) is -3.43. The Labute approximate surface area is 114 Å². The zero-order valence-electron chi connectivity index (χ0n) is 10.5. The number of aliphatic hydroxyl groups excluding tert-OH is 1. The molecular formula is C11H22N2O3S2. The third kappa shape index (κ3) is 3.60. The van der Waals surface area contributed by atoms with E-state index in [-0.39, 0.29) is 18.7 Å². The van der Waals surface area contributed by atoms with Crippen LogP contribution in [0.2, 0.25) is 0 Å². The van der Waals surface area contributed by atoms with E-state index in [1.165, 1.54) is 4.31 Å². The summed E-state index contributed by atoms with van der Waals surface area (Å²) in [5, 5.41) is 9.29. The van der Waals surface area contributed by atoms with Gasteiger partial charge in [0.25, 0.3) is 10.2 Å². The summed E-state index contributed by atoms with van der Waals surface area (Å²) in [6.07, 6.45) is 4.45. The SMILES string of the molecule is O=S(=O)(NC1CCSCC1)N1CCCCC1CO. The Balaban J connectivity index is 1.99. The molecule has 0 bridgehead atoms. The molecule has 0 aromatic carbocycles. The van der Waals surface area contributed by atoms with Gasteiger partial charge in [0.05, 0.1) is 6.61 Å². The first-order valence-electron chi connectivity index (χ1n) is 6.61. The van der Waals surface area contributed by atoms with Crippen LogP contribution in [-0.4, -0.2) is 54.6 Å². The van der Waals surface area contributed by atoms with Gasteiger partial charge in [-0.3, -0.25) is 0 Å². The van der Waals surface area contributed by atoms with Crippen molar-refractivity contribution in [3.63, 3.8) is 0 Å². The van der Waals surface area contributed by atoms with E-state index >= 15 is 0 Å². The topological polar surface area (TPSA) is 69.6 Å². The first-order chi connectivity index (χ1) is 8.63. The van der Waals surface area contributed by atoms with Crippen molar-refractivity contribution >= 4 is 22.0 Å². The lowest BCUT2D eigenvalue weighted by atomic mass is 10.1. The zero-order chi connectivity index (χ0) is 13.0. The van der Waals surface area contributed by atoms with Gasteiger partial charge in [-0.2, -0.15) is 29.2 Å². The standard InChI is InChI=1S/C11H22N2O3S2/c14-9-11-3-1-2-6-13(11)18(15,16)12-10-4-7-17-8-5-10/h10-12,14H,1-9H2. The number of nitrogens with one attached hydrogen (secondary N) is 1. The molecule has 2 heterocycles. The molecular weight excluding hydrogens is 272 g/mol. The highest BCUT2D eigenvalue weighted by Crippen LogP contribution is 2.22. The Hall–Kier alpha value is 0.180. The largest absolute Gasteiger partial charge is 0.395 e. The second kappa shape index (κ2) is 6.56. The van der Waals surface area contributed by atoms with Gasteiger partial charge >= 0.3 is 0 Å². The smallest absolute Gasteiger partial charge is 0.280 e. The van der Waals surface area contributed by atoms with Gasteiger partial charge in [0.15, 0.2) is 0 Å². The summed E-state index contributed by atoms with van der Waals surface area (Å²) >= 11 is 1.88. The predicted molar refractivity (Wildman–Crippen MR) is 73.8 cm³/mol. The lowest BCUT2D eigenvalue weighted by Gasteiger charge is -2.35. The maximum atomic E-state index is 12.3. The second-order valence-corrected chi connectivity index (χ2v) is 7.83. The molecule has 1 unspecified atom stereocenters. The van der Waals surface area contributed by atoms with Crippen molar-refractivity contribution in [3.05, 3.63) is 0 Å². The quantitative estimate of drug-likeness (QED) is 0.795. The molecule has 0 aliphatic carbocycles. The highest BCUT2D eigenvalue weighted by molar-refractivity contribution is 7.99. The lowest BCUT2D eigenvalue weighted by molar-refractivity contribution is 0.153. The van der Waals surface area contributed by atoms with E-state index in [2.05, 4.69) is 4.72 Å². The first kappa shape index (κ1) is 14.6. The molecule has 2 saturated heterocycles. The summed E-state index contributed by atoms with van der Waals surface area (Å²) in [5.41, 5.74) is 0. The van der Waals surface area contributed by atoms with Crippen molar-refractivity contribution in [1.29, 1.82) is 0 Å². The van der Waals surface area contributed by atoms with Crippen LogP contribution < -0.4 is 4.72 Å². The second-order valence-electron chi connectivity index (χ2n) is 4.95. The Bertz CT molecular complexity index is 355. The van der Waals surface area contributed by atoms with Gasteiger partial charge < -0.3 is 5.11 Å². The van der Waals surface area contributed by atoms with Gasteiger partial charge in [0.2, 0.25) is 0 Å². The average molecular weight is 294 g/mol. The van der Waals surface area contributed by atoms with Crippen molar-refractivity contribution in [2.75, 3.05) is 24.7 Å². The third-order valence-corrected chi connectivity index (χ3v) is 6.41. The Morgan fingerprint density at radius 3 is 2.61 bits per heavy atom. The van der Waals surface area contributed by atoms with Crippen molar-refractivity contribution in [2.24, 2.45) is 0 Å². The van der Waals surface area contributed by atoms with Gasteiger partial charge in [-0.05, 0) is 37.2 Å². The summed E-state index contributed by atoms with van der Waals surface area (Å²) in [5.74, 6) is 2.05. The highest BCUT2D eigenvalue weighted by atomic mass is 32.2. The van der Waals surface area contributed by atoms with Crippen LogP contribution in [0.25, 0.3) is 0 Å². The fourth-order valence-electron chi connectivity index (χ4n) is 2.57. The molecule has 0 amide bonds. The van der Waals surface area contributed by atoms with Crippen LogP contribution in [0.15, 0.2) is 0 Å². The number of aliphatic hydroxyl groups is 1. The van der Waals surface area contributed by atoms with E-state index in [9.17, 15) is 13.5 Å². The van der Waals surface area contributed by atoms with E-state index < -0.39 is 10.2 Å². The van der Waals surface area contributed by atoms with Gasteiger partial charge in [-0.1, -0.05) is 6.42 Å². The number of piperidine rings is 1. The number of hydrogen-bond acceptors (Lipinski definition) is 4. The molecule has 5 nitrogen and oxygen atoms in total. The number of hydrogen-bond donors (Lipinski definition) is 2. The molecule has 0 saturated carbocycles. The Morgan fingerprint density at radius 2 is 1.94 bits per heavy atom. The highest BCUT2D eigenvalue weighted by Gasteiger charge is 2.33. The van der Waals surface area contributed by atoms with E-state index in [0.717, 1.165) is 43.6 Å². The normalized spacial score (nSPS) is 28.4. The van der Waals surface area contributed by atoms with E-state index in [1.807, 2.05) is 11.8 Å². The molecule has 2 N–H and O–H groups in total. The van der Waals surface area contributed by atoms with Crippen molar-refractivity contribution in [3.8, 4) is 0 Å². The van der Waals surface area contributed by atoms with Crippen molar-refractivity contribution in [2.45, 2.75) is 44.2 Å². The monoisotopic (exact) mass is 294 g/mol. The van der Waals surface area contributed by atoms with Crippen LogP contribution >= 0.6 is 11.8 Å². The molecule has 1 atom stereocenters. The minimum absolute atomic E-state index is 0.0671. The van der Waals surface area contributed by atoms with Gasteiger partial charge in [0, 0.05) is 18.6 Å². The minimum Gasteiger partial charge on any atom is -0.395 e. The van der Waals surface area contributed by atoms with Crippen molar-refractivity contribution < 1.29 is 13.5 Å². The molecule has 2 aliphatic rings. The summed E-state index contributed by atoms with van der Waals surface area (Å²) < 4.78 is 28.9. The summed E-state index contributed by atoms with van der Waals surface area (Å²) in [6, 6.07) is -0.174. The minimum atomic E-state index is -3.43. The molecule has 7 heteroatoms. The summed E-state index contributed by atoms with van der Waals surface area (Å²) in [4.78, 5) is 0. The fraction of sp³-hybridized carbons (Fsp3) is 1.00. The van der Waals surface area contributed by atoms with Gasteiger partial charge in [0.1, 0.15) is 0 Å². The maximum Gasteiger partial charge on any atom is 0.280 e. The third-order valence-electron chi connectivity index (χ3n) is 3.63. The van der Waals surface area contributed by atoms with Crippen LogP contribution in [0.5, 0.6) is 0 Å². The average Bonchev–Trinajstić information content (AvgIpc) is 2.39. The molecule has 106 valence electrons. The van der Waals surface area contributed by atoms with Crippen LogP contribution in [0.1, 0.15) is 32.1 Å². The predicted octanol–water partition coefficient (Wildman–Crippen LogP) is 0.563. The van der Waals surface area contributed by atoms with E-state index in [4.69, 9.17) is 0 Å². The lowest BCUT2D eigenvalue weighted by Crippen LogP contribution is -2.53. The molecule has 2 rings (SSSR count). The molecule has 0 aromatic heterocycles. The molecule has 18 heavy (non-hydrogen) atoms. The first-order valence-corrected chi connectivity index (χ1v) is 9.20. The number of thioether (sulfide) groups is 1. The van der Waals surface area contributed by atoms with Crippen LogP contribution in [0.4, 0.5) is 0 Å². The van der Waals surface area contributed by atoms with E-state index in [0.29, 0.717) is 6.54 Å². The Kier molecular flexibility index (Phi) is 5.32. The fourth-order valence-corrected chi connectivity index (χ4v) is 5.40. The molecule has 2 fully saturated rings. The maximum absolute atomic E-state index is 12.3. The van der Waals surface area contributed by atoms with Gasteiger partial charge in [-0.25, -0.2) is 0 Å². The van der Waals surface area contributed by atoms with Crippen molar-refractivity contribution in [1.82, 2.24) is 9.03 Å². The van der Waals surface area contributed by atoms with Gasteiger partial charge in [-0.15, -0.1) is 0 Å². The number of rotatable bonds is 4. The van der Waals surface area contributed by atoms with Crippen LogP contribution in [0.3, 0.4) is 0 Å². The molecule has 2 aliphatic heterocycles. The summed E-state index contributed by atoms with van der Waals surface area (Å²) in [6.45, 7) is 0.448. The number of nitrogens with zero attached hydrogens (tertiary/aromatic N) is 1. The molecule has 0 radical (unpaired) electrons.